The highest BCUT2D eigenvalue weighted by Gasteiger charge is 2.07. The molecule has 0 spiro atoms. The number of aliphatic hydroxyl groups excluding tert-OH is 2. The minimum absolute atomic E-state index is 0.0413. The summed E-state index contributed by atoms with van der Waals surface area (Å²) in [6, 6.07) is 0. The Morgan fingerprint density at radius 3 is 0.968 bits per heavy atom. The van der Waals surface area contributed by atoms with Crippen LogP contribution in [0, 0.1) is 0 Å². The van der Waals surface area contributed by atoms with Gasteiger partial charge in [0.15, 0.2) is 0 Å². The van der Waals surface area contributed by atoms with E-state index in [9.17, 15) is 19.2 Å². The van der Waals surface area contributed by atoms with E-state index in [4.69, 9.17) is 44.8 Å². The van der Waals surface area contributed by atoms with Crippen molar-refractivity contribution < 1.29 is 64.0 Å². The molecule has 13 heteroatoms. The molecular weight excluding hydrogens is 424 g/mol. The van der Waals surface area contributed by atoms with E-state index >= 15 is 0 Å². The van der Waals surface area contributed by atoms with Crippen molar-refractivity contribution in [2.24, 2.45) is 0 Å². The largest absolute Gasteiger partial charge is 0.481 e. The molecule has 0 saturated carbocycles. The lowest BCUT2D eigenvalue weighted by Gasteiger charge is -2.04. The Bertz CT molecular complexity index is 509. The van der Waals surface area contributed by atoms with Gasteiger partial charge in [-0.3, -0.25) is 9.59 Å². The van der Waals surface area contributed by atoms with E-state index in [-0.39, 0.29) is 24.4 Å². The van der Waals surface area contributed by atoms with E-state index in [1.807, 2.05) is 0 Å². The van der Waals surface area contributed by atoms with E-state index in [1.165, 1.54) is 0 Å². The number of aliphatic hydroxyl groups is 2. The highest BCUT2D eigenvalue weighted by Crippen LogP contribution is 1.96. The van der Waals surface area contributed by atoms with Crippen molar-refractivity contribution in [2.45, 2.75) is 12.8 Å². The standard InChI is InChI=1S/C8H18O5.2C5H6O4/c9-1-3-11-5-7-13-8-6-12-4-2-10;2*1-3(5(8)9)2-4(6)7/h9-10H,1-8H2;2*1-2H2,(H,6,7)(H,8,9). The second-order valence-corrected chi connectivity index (χ2v) is 5.24. The van der Waals surface area contributed by atoms with E-state index in [2.05, 4.69) is 13.2 Å². The Morgan fingerprint density at radius 2 is 0.806 bits per heavy atom. The molecule has 0 aromatic rings. The fourth-order valence-electron chi connectivity index (χ4n) is 1.19. The number of carboxylic acid groups (broad SMARTS) is 4. The summed E-state index contributed by atoms with van der Waals surface area (Å²) in [4.78, 5) is 39.3. The molecule has 13 nitrogen and oxygen atoms in total. The molecule has 0 amide bonds. The van der Waals surface area contributed by atoms with Gasteiger partial charge in [-0.15, -0.1) is 0 Å². The van der Waals surface area contributed by atoms with Crippen molar-refractivity contribution in [3.8, 4) is 0 Å². The lowest BCUT2D eigenvalue weighted by atomic mass is 10.2. The average Bonchev–Trinajstić information content (AvgIpc) is 2.66. The topological polar surface area (TPSA) is 217 Å². The third kappa shape index (κ3) is 32.1. The molecule has 0 fully saturated rings. The van der Waals surface area contributed by atoms with Gasteiger partial charge in [0.25, 0.3) is 0 Å². The normalized spacial score (nSPS) is 9.35. The Morgan fingerprint density at radius 1 is 0.548 bits per heavy atom. The molecule has 6 N–H and O–H groups in total. The Hall–Kier alpha value is -2.84. The van der Waals surface area contributed by atoms with Crippen molar-refractivity contribution in [1.82, 2.24) is 0 Å². The van der Waals surface area contributed by atoms with Crippen LogP contribution >= 0.6 is 0 Å². The summed E-state index contributed by atoms with van der Waals surface area (Å²) in [6.45, 7) is 8.79. The molecule has 0 aromatic carbocycles. The van der Waals surface area contributed by atoms with E-state index < -0.39 is 36.7 Å². The van der Waals surface area contributed by atoms with Crippen LogP contribution in [-0.4, -0.2) is 107 Å². The number of ether oxygens (including phenoxy) is 3. The lowest BCUT2D eigenvalue weighted by Crippen LogP contribution is -2.11. The number of carbonyl (C=O) groups is 4. The van der Waals surface area contributed by atoms with Crippen molar-refractivity contribution in [2.75, 3.05) is 52.9 Å². The first-order chi connectivity index (χ1) is 14.5. The molecule has 0 rings (SSSR count). The molecule has 0 aliphatic heterocycles. The first kappa shape index (κ1) is 32.8. The Balaban J connectivity index is -0.000000390. The van der Waals surface area contributed by atoms with Gasteiger partial charge in [-0.25, -0.2) is 9.59 Å². The molecule has 0 saturated heterocycles. The molecule has 0 atom stereocenters. The van der Waals surface area contributed by atoms with Gasteiger partial charge < -0.3 is 44.8 Å². The predicted octanol–water partition coefficient (Wildman–Crippen LogP) is -0.775. The zero-order valence-corrected chi connectivity index (χ0v) is 17.0. The van der Waals surface area contributed by atoms with Gasteiger partial charge in [-0.1, -0.05) is 13.2 Å². The lowest BCUT2D eigenvalue weighted by molar-refractivity contribution is -0.139. The number of rotatable bonds is 16. The first-order valence-electron chi connectivity index (χ1n) is 8.70. The molecular formula is C18H30O13. The Kier molecular flexibility index (Phi) is 24.8. The average molecular weight is 454 g/mol. The maximum absolute atomic E-state index is 9.87. The second-order valence-electron chi connectivity index (χ2n) is 5.24. The van der Waals surface area contributed by atoms with Gasteiger partial charge in [-0.2, -0.15) is 0 Å². The van der Waals surface area contributed by atoms with E-state index in [0.29, 0.717) is 39.6 Å². The van der Waals surface area contributed by atoms with Crippen molar-refractivity contribution in [3.05, 3.63) is 24.3 Å². The van der Waals surface area contributed by atoms with Gasteiger partial charge in [0.05, 0.1) is 65.7 Å². The van der Waals surface area contributed by atoms with Gasteiger partial charge >= 0.3 is 23.9 Å². The number of carboxylic acids is 4. The van der Waals surface area contributed by atoms with Gasteiger partial charge in [-0.05, 0) is 0 Å². The molecule has 0 aliphatic rings. The molecule has 0 aromatic heterocycles. The summed E-state index contributed by atoms with van der Waals surface area (Å²) in [6.07, 6.45) is -1.01. The number of hydrogen-bond acceptors (Lipinski definition) is 9. The maximum Gasteiger partial charge on any atom is 0.331 e. The van der Waals surface area contributed by atoms with Crippen LogP contribution in [0.4, 0.5) is 0 Å². The van der Waals surface area contributed by atoms with Crippen molar-refractivity contribution in [3.63, 3.8) is 0 Å². The molecule has 180 valence electrons. The quantitative estimate of drug-likeness (QED) is 0.125. The second kappa shape index (κ2) is 23.4. The van der Waals surface area contributed by atoms with Gasteiger partial charge in [0.1, 0.15) is 0 Å². The molecule has 0 unspecified atom stereocenters. The zero-order chi connectivity index (χ0) is 24.7. The predicted molar refractivity (Wildman–Crippen MR) is 105 cm³/mol. The number of aliphatic carboxylic acids is 4. The summed E-state index contributed by atoms with van der Waals surface area (Å²) in [5.74, 6) is -4.89. The first-order valence-corrected chi connectivity index (χ1v) is 8.70. The van der Waals surface area contributed by atoms with Crippen LogP contribution < -0.4 is 0 Å². The number of hydrogen-bond donors (Lipinski definition) is 6. The highest BCUT2D eigenvalue weighted by atomic mass is 16.5. The van der Waals surface area contributed by atoms with Crippen LogP contribution in [0.3, 0.4) is 0 Å². The molecule has 0 aliphatic carbocycles. The molecule has 0 heterocycles. The maximum atomic E-state index is 9.87. The summed E-state index contributed by atoms with van der Waals surface area (Å²) >= 11 is 0. The summed E-state index contributed by atoms with van der Waals surface area (Å²) in [7, 11) is 0. The third-order valence-corrected chi connectivity index (χ3v) is 2.55. The molecule has 0 radical (unpaired) electrons. The summed E-state index contributed by atoms with van der Waals surface area (Å²) in [5, 5.41) is 48.9. The smallest absolute Gasteiger partial charge is 0.331 e. The van der Waals surface area contributed by atoms with Crippen LogP contribution in [0.25, 0.3) is 0 Å². The highest BCUT2D eigenvalue weighted by molar-refractivity contribution is 5.91. The van der Waals surface area contributed by atoms with E-state index in [0.717, 1.165) is 0 Å². The fourth-order valence-corrected chi connectivity index (χ4v) is 1.19. The van der Waals surface area contributed by atoms with Crippen LogP contribution in [0.1, 0.15) is 12.8 Å². The van der Waals surface area contributed by atoms with Crippen molar-refractivity contribution >= 4 is 23.9 Å². The monoisotopic (exact) mass is 454 g/mol. The Labute approximate surface area is 178 Å². The fraction of sp³-hybridized carbons (Fsp3) is 0.556. The van der Waals surface area contributed by atoms with E-state index in [1.54, 1.807) is 0 Å². The SMILES string of the molecule is C=C(CC(=O)O)C(=O)O.C=C(CC(=O)O)C(=O)O.OCCOCCOCCOCCO. The minimum Gasteiger partial charge on any atom is -0.481 e. The van der Waals surface area contributed by atoms with Crippen LogP contribution in [0.2, 0.25) is 0 Å². The van der Waals surface area contributed by atoms with Gasteiger partial charge in [0, 0.05) is 11.1 Å². The molecule has 31 heavy (non-hydrogen) atoms. The van der Waals surface area contributed by atoms with Crippen LogP contribution in [0.15, 0.2) is 24.3 Å². The zero-order valence-electron chi connectivity index (χ0n) is 17.0. The van der Waals surface area contributed by atoms with Crippen molar-refractivity contribution in [1.29, 1.82) is 0 Å². The summed E-state index contributed by atoms with van der Waals surface area (Å²) < 4.78 is 15.0. The summed E-state index contributed by atoms with van der Waals surface area (Å²) in [5.41, 5.74) is -0.606. The minimum atomic E-state index is -1.27. The van der Waals surface area contributed by atoms with Gasteiger partial charge in [0.2, 0.25) is 0 Å². The molecule has 0 bridgehead atoms. The van der Waals surface area contributed by atoms with Crippen LogP contribution in [0.5, 0.6) is 0 Å². The van der Waals surface area contributed by atoms with Crippen LogP contribution in [-0.2, 0) is 33.4 Å². The third-order valence-electron chi connectivity index (χ3n) is 2.55.